The highest BCUT2D eigenvalue weighted by Gasteiger charge is 2.16. The summed E-state index contributed by atoms with van der Waals surface area (Å²) < 4.78 is 10.9. The molecule has 0 unspecified atom stereocenters. The van der Waals surface area contributed by atoms with Crippen LogP contribution in [0.15, 0.2) is 94.9 Å². The fourth-order valence-corrected chi connectivity index (χ4v) is 3.67. The van der Waals surface area contributed by atoms with E-state index in [0.717, 1.165) is 16.0 Å². The summed E-state index contributed by atoms with van der Waals surface area (Å²) in [4.78, 5) is 25.7. The van der Waals surface area contributed by atoms with E-state index in [9.17, 15) is 9.59 Å². The van der Waals surface area contributed by atoms with Crippen LogP contribution in [-0.4, -0.2) is 11.8 Å². The number of hydrogen-bond donors (Lipinski definition) is 2. The molecule has 0 aliphatic rings. The summed E-state index contributed by atoms with van der Waals surface area (Å²) in [6.45, 7) is 0.449. The van der Waals surface area contributed by atoms with Gasteiger partial charge in [-0.1, -0.05) is 48.5 Å². The summed E-state index contributed by atoms with van der Waals surface area (Å²) in [5.74, 6) is -0.178. The van der Waals surface area contributed by atoms with Crippen LogP contribution in [0.25, 0.3) is 11.6 Å². The molecule has 2 heterocycles. The van der Waals surface area contributed by atoms with Gasteiger partial charge in [0, 0.05) is 4.88 Å². The summed E-state index contributed by atoms with van der Waals surface area (Å²) in [6, 6.07) is 24.2. The van der Waals surface area contributed by atoms with Crippen LogP contribution >= 0.6 is 11.3 Å². The second kappa shape index (κ2) is 10.3. The van der Waals surface area contributed by atoms with Crippen LogP contribution in [0.1, 0.15) is 26.6 Å². The quantitative estimate of drug-likeness (QED) is 0.313. The number of carbonyl (C=O) groups excluding carboxylic acids is 2. The minimum Gasteiger partial charge on any atom is -0.489 e. The van der Waals surface area contributed by atoms with E-state index in [1.54, 1.807) is 12.1 Å². The summed E-state index contributed by atoms with van der Waals surface area (Å²) in [7, 11) is 0. The Balaban J connectivity index is 1.49. The Morgan fingerprint density at radius 3 is 2.56 bits per heavy atom. The number of ether oxygens (including phenoxy) is 1. The number of amides is 2. The number of rotatable bonds is 7. The number of benzene rings is 2. The van der Waals surface area contributed by atoms with E-state index in [2.05, 4.69) is 10.9 Å². The first-order valence-electron chi connectivity index (χ1n) is 9.85. The summed E-state index contributed by atoms with van der Waals surface area (Å²) in [6.07, 6.45) is 3.15. The van der Waals surface area contributed by atoms with E-state index >= 15 is 0 Å². The van der Waals surface area contributed by atoms with Crippen molar-refractivity contribution in [1.82, 2.24) is 10.9 Å². The molecule has 7 heteroatoms. The molecule has 0 spiro atoms. The molecule has 0 bridgehead atoms. The van der Waals surface area contributed by atoms with Gasteiger partial charge in [0.1, 0.15) is 12.4 Å². The third kappa shape index (κ3) is 5.53. The minimum atomic E-state index is -0.537. The van der Waals surface area contributed by atoms with Gasteiger partial charge in [-0.25, -0.2) is 0 Å². The fraction of sp³-hybridized carbons (Fsp3) is 0.0400. The number of carbonyl (C=O) groups is 2. The molecule has 2 aromatic heterocycles. The molecule has 2 amide bonds. The lowest BCUT2D eigenvalue weighted by Crippen LogP contribution is -2.41. The molecule has 6 nitrogen and oxygen atoms in total. The van der Waals surface area contributed by atoms with Crippen molar-refractivity contribution < 1.29 is 18.7 Å². The molecule has 0 saturated carbocycles. The van der Waals surface area contributed by atoms with Gasteiger partial charge in [-0.15, -0.1) is 11.3 Å². The van der Waals surface area contributed by atoms with Gasteiger partial charge in [0.05, 0.1) is 11.8 Å². The van der Waals surface area contributed by atoms with Gasteiger partial charge >= 0.3 is 5.91 Å². The molecule has 160 valence electrons. The lowest BCUT2D eigenvalue weighted by Gasteiger charge is -2.10. The standard InChI is InChI=1S/C25H20N2O4S/c28-24(26-27-25(29)22-11-5-13-30-22)21(23-12-6-14-32-23)16-19-9-4-10-20(15-19)31-17-18-7-2-1-3-8-18/h1-16H,17H2,(H,26,28)(H,27,29)/b21-16+. The molecule has 0 atom stereocenters. The van der Waals surface area contributed by atoms with Crippen molar-refractivity contribution in [3.63, 3.8) is 0 Å². The van der Waals surface area contributed by atoms with Crippen LogP contribution in [-0.2, 0) is 11.4 Å². The molecule has 2 aromatic carbocycles. The third-order valence-electron chi connectivity index (χ3n) is 4.48. The molecule has 4 rings (SSSR count). The van der Waals surface area contributed by atoms with E-state index in [0.29, 0.717) is 17.9 Å². The monoisotopic (exact) mass is 444 g/mol. The maximum absolute atomic E-state index is 12.9. The van der Waals surface area contributed by atoms with Gasteiger partial charge in [0.25, 0.3) is 5.91 Å². The zero-order valence-electron chi connectivity index (χ0n) is 17.0. The maximum Gasteiger partial charge on any atom is 0.305 e. The van der Waals surface area contributed by atoms with Crippen molar-refractivity contribution >= 4 is 34.8 Å². The van der Waals surface area contributed by atoms with Crippen LogP contribution in [0.2, 0.25) is 0 Å². The number of nitrogens with one attached hydrogen (secondary N) is 2. The van der Waals surface area contributed by atoms with Crippen molar-refractivity contribution in [2.24, 2.45) is 0 Å². The number of furan rings is 1. The largest absolute Gasteiger partial charge is 0.489 e. The van der Waals surface area contributed by atoms with Gasteiger partial charge in [0.15, 0.2) is 5.76 Å². The van der Waals surface area contributed by atoms with Gasteiger partial charge in [0.2, 0.25) is 0 Å². The zero-order chi connectivity index (χ0) is 22.2. The normalized spacial score (nSPS) is 11.1. The first kappa shape index (κ1) is 21.1. The van der Waals surface area contributed by atoms with Crippen LogP contribution in [0.4, 0.5) is 0 Å². The SMILES string of the molecule is O=C(NNC(=O)c1ccco1)/C(=C/c1cccc(OCc2ccccc2)c1)c1cccs1. The van der Waals surface area contributed by atoms with Crippen molar-refractivity contribution in [3.05, 3.63) is 112 Å². The first-order valence-corrected chi connectivity index (χ1v) is 10.7. The van der Waals surface area contributed by atoms with Crippen molar-refractivity contribution in [1.29, 1.82) is 0 Å². The van der Waals surface area contributed by atoms with Crippen LogP contribution < -0.4 is 15.6 Å². The Kier molecular flexibility index (Phi) is 6.79. The molecule has 2 N–H and O–H groups in total. The van der Waals surface area contributed by atoms with Gasteiger partial charge in [-0.2, -0.15) is 0 Å². The summed E-state index contributed by atoms with van der Waals surface area (Å²) >= 11 is 1.43. The fourth-order valence-electron chi connectivity index (χ4n) is 2.93. The first-order chi connectivity index (χ1) is 15.7. The smallest absolute Gasteiger partial charge is 0.305 e. The minimum absolute atomic E-state index is 0.107. The predicted octanol–water partition coefficient (Wildman–Crippen LogP) is 4.92. The Morgan fingerprint density at radius 2 is 1.81 bits per heavy atom. The van der Waals surface area contributed by atoms with Crippen LogP contribution in [0.5, 0.6) is 5.75 Å². The van der Waals surface area contributed by atoms with Gasteiger partial charge in [-0.05, 0) is 52.9 Å². The lowest BCUT2D eigenvalue weighted by molar-refractivity contribution is -0.116. The Labute approximate surface area is 189 Å². The zero-order valence-corrected chi connectivity index (χ0v) is 17.8. The highest BCUT2D eigenvalue weighted by Crippen LogP contribution is 2.25. The highest BCUT2D eigenvalue weighted by molar-refractivity contribution is 7.11. The van der Waals surface area contributed by atoms with Crippen LogP contribution in [0.3, 0.4) is 0 Å². The molecular weight excluding hydrogens is 424 g/mol. The second-order valence-corrected chi connectivity index (χ2v) is 7.72. The average Bonchev–Trinajstić information content (AvgIpc) is 3.55. The molecule has 0 fully saturated rings. The Morgan fingerprint density at radius 1 is 0.938 bits per heavy atom. The summed E-state index contributed by atoms with van der Waals surface area (Å²) in [5, 5.41) is 1.89. The summed E-state index contributed by atoms with van der Waals surface area (Å²) in [5.41, 5.74) is 7.10. The van der Waals surface area contributed by atoms with E-state index in [-0.39, 0.29) is 5.76 Å². The van der Waals surface area contributed by atoms with E-state index in [1.807, 2.05) is 72.1 Å². The molecule has 0 aliphatic carbocycles. The maximum atomic E-state index is 12.9. The van der Waals surface area contributed by atoms with E-state index in [1.165, 1.54) is 23.7 Å². The van der Waals surface area contributed by atoms with E-state index < -0.39 is 11.8 Å². The molecular formula is C25H20N2O4S. The molecule has 0 aliphatic heterocycles. The molecule has 4 aromatic rings. The second-order valence-electron chi connectivity index (χ2n) is 6.77. The molecule has 32 heavy (non-hydrogen) atoms. The Bertz CT molecular complexity index is 1200. The highest BCUT2D eigenvalue weighted by atomic mass is 32.1. The van der Waals surface area contributed by atoms with Gasteiger partial charge < -0.3 is 9.15 Å². The number of hydrogen-bond acceptors (Lipinski definition) is 5. The topological polar surface area (TPSA) is 80.6 Å². The van der Waals surface area contributed by atoms with Gasteiger partial charge in [-0.3, -0.25) is 20.4 Å². The van der Waals surface area contributed by atoms with Crippen molar-refractivity contribution in [3.8, 4) is 5.75 Å². The predicted molar refractivity (Wildman–Crippen MR) is 124 cm³/mol. The number of thiophene rings is 1. The van der Waals surface area contributed by atoms with Crippen molar-refractivity contribution in [2.75, 3.05) is 0 Å². The van der Waals surface area contributed by atoms with Crippen molar-refractivity contribution in [2.45, 2.75) is 6.61 Å². The number of hydrazine groups is 1. The Hall–Kier alpha value is -4.10. The van der Waals surface area contributed by atoms with Crippen LogP contribution in [0, 0.1) is 0 Å². The molecule has 0 saturated heterocycles. The van der Waals surface area contributed by atoms with E-state index in [4.69, 9.17) is 9.15 Å². The third-order valence-corrected chi connectivity index (χ3v) is 5.39. The average molecular weight is 445 g/mol. The molecule has 0 radical (unpaired) electrons. The lowest BCUT2D eigenvalue weighted by atomic mass is 10.1.